The van der Waals surface area contributed by atoms with Gasteiger partial charge in [-0.25, -0.2) is 4.98 Å². The summed E-state index contributed by atoms with van der Waals surface area (Å²) in [6.07, 6.45) is 2.60. The number of hydrogen-bond acceptors (Lipinski definition) is 7. The molecular weight excluding hydrogens is 396 g/mol. The van der Waals surface area contributed by atoms with Gasteiger partial charge in [-0.05, 0) is 38.8 Å². The highest BCUT2D eigenvalue weighted by Crippen LogP contribution is 2.44. The van der Waals surface area contributed by atoms with Crippen molar-refractivity contribution in [2.45, 2.75) is 38.3 Å². The molecule has 1 N–H and O–H groups in total. The Kier molecular flexibility index (Phi) is 3.62. The standard InChI is InChI=1S/C19H15ClN6O3/c1-9(2)26-14-10(7-21)11(20)3-4-12(14)25-8-22-13(15(25)17(26)27)16-23-18(29-24-16)19(28)5-6-19/h3-4,8-9,28H,5-6H2,1-2H3. The largest absolute Gasteiger partial charge is 0.380 e. The fraction of sp³-hybridized carbons (Fsp3) is 0.316. The Bertz CT molecular complexity index is 1400. The van der Waals surface area contributed by atoms with Gasteiger partial charge < -0.3 is 14.2 Å². The highest BCUT2D eigenvalue weighted by Gasteiger charge is 2.48. The van der Waals surface area contributed by atoms with Gasteiger partial charge in [0.25, 0.3) is 11.4 Å². The highest BCUT2D eigenvalue weighted by molar-refractivity contribution is 6.32. The Morgan fingerprint density at radius 1 is 1.34 bits per heavy atom. The van der Waals surface area contributed by atoms with E-state index in [1.165, 1.54) is 10.9 Å². The average molecular weight is 411 g/mol. The molecule has 9 nitrogen and oxygen atoms in total. The number of hydrogen-bond donors (Lipinski definition) is 1. The summed E-state index contributed by atoms with van der Waals surface area (Å²) in [6.45, 7) is 3.70. The van der Waals surface area contributed by atoms with Crippen LogP contribution < -0.4 is 5.56 Å². The lowest BCUT2D eigenvalue weighted by Gasteiger charge is -2.17. The minimum absolute atomic E-state index is 0.122. The summed E-state index contributed by atoms with van der Waals surface area (Å²) in [5.74, 6) is 0.251. The van der Waals surface area contributed by atoms with Gasteiger partial charge in [0, 0.05) is 6.04 Å². The normalized spacial score (nSPS) is 15.3. The molecule has 10 heteroatoms. The number of aliphatic hydroxyl groups is 1. The SMILES string of the molecule is CC(C)n1c(=O)c2c(-c3noc(C4(O)CC4)n3)ncn2c2ccc(Cl)c(C#N)c21. The van der Waals surface area contributed by atoms with Gasteiger partial charge in [-0.3, -0.25) is 9.20 Å². The molecule has 3 aromatic heterocycles. The minimum atomic E-state index is -1.08. The molecule has 0 radical (unpaired) electrons. The van der Waals surface area contributed by atoms with Crippen molar-refractivity contribution in [2.24, 2.45) is 0 Å². The van der Waals surface area contributed by atoms with E-state index < -0.39 is 5.60 Å². The summed E-state index contributed by atoms with van der Waals surface area (Å²) in [5.41, 5.74) is 0.353. The van der Waals surface area contributed by atoms with E-state index in [0.717, 1.165) is 0 Å². The fourth-order valence-corrected chi connectivity index (χ4v) is 3.74. The van der Waals surface area contributed by atoms with Crippen LogP contribution in [0.5, 0.6) is 0 Å². The molecule has 1 aromatic carbocycles. The Hall–Kier alpha value is -3.22. The second-order valence-corrected chi connectivity index (χ2v) is 7.84. The minimum Gasteiger partial charge on any atom is -0.380 e. The Balaban J connectivity index is 1.88. The molecule has 0 saturated heterocycles. The van der Waals surface area contributed by atoms with Crippen molar-refractivity contribution in [3.05, 3.63) is 45.3 Å². The van der Waals surface area contributed by atoms with E-state index in [4.69, 9.17) is 16.1 Å². The Morgan fingerprint density at radius 2 is 2.10 bits per heavy atom. The zero-order valence-electron chi connectivity index (χ0n) is 15.5. The van der Waals surface area contributed by atoms with Crippen LogP contribution in [-0.4, -0.2) is 29.2 Å². The Morgan fingerprint density at radius 3 is 2.76 bits per heavy atom. The molecule has 1 aliphatic carbocycles. The third kappa shape index (κ3) is 2.43. The van der Waals surface area contributed by atoms with Gasteiger partial charge in [-0.2, -0.15) is 10.2 Å². The van der Waals surface area contributed by atoms with E-state index in [1.54, 1.807) is 16.5 Å². The van der Waals surface area contributed by atoms with E-state index in [1.807, 2.05) is 13.8 Å². The van der Waals surface area contributed by atoms with Crippen LogP contribution in [0.15, 0.2) is 27.8 Å². The molecule has 0 atom stereocenters. The molecule has 0 amide bonds. The monoisotopic (exact) mass is 410 g/mol. The predicted molar refractivity (Wildman–Crippen MR) is 103 cm³/mol. The predicted octanol–water partition coefficient (Wildman–Crippen LogP) is 2.79. The first kappa shape index (κ1) is 17.8. The van der Waals surface area contributed by atoms with Crippen molar-refractivity contribution in [3.63, 3.8) is 0 Å². The zero-order chi connectivity index (χ0) is 20.5. The first-order valence-electron chi connectivity index (χ1n) is 9.06. The third-order valence-corrected chi connectivity index (χ3v) is 5.50. The number of imidazole rings is 1. The maximum atomic E-state index is 13.4. The maximum absolute atomic E-state index is 13.4. The molecule has 4 aromatic rings. The van der Waals surface area contributed by atoms with E-state index in [-0.39, 0.29) is 45.1 Å². The van der Waals surface area contributed by atoms with Crippen LogP contribution in [0.25, 0.3) is 28.1 Å². The van der Waals surface area contributed by atoms with Gasteiger partial charge in [0.05, 0.1) is 21.6 Å². The number of nitrogens with zero attached hydrogens (tertiary/aromatic N) is 6. The summed E-state index contributed by atoms with van der Waals surface area (Å²) in [4.78, 5) is 22.0. The van der Waals surface area contributed by atoms with Crippen molar-refractivity contribution in [2.75, 3.05) is 0 Å². The van der Waals surface area contributed by atoms with E-state index >= 15 is 0 Å². The van der Waals surface area contributed by atoms with Crippen molar-refractivity contribution in [3.8, 4) is 17.6 Å². The number of aromatic nitrogens is 5. The van der Waals surface area contributed by atoms with Gasteiger partial charge in [-0.1, -0.05) is 16.8 Å². The van der Waals surface area contributed by atoms with Crippen LogP contribution in [-0.2, 0) is 5.60 Å². The third-order valence-electron chi connectivity index (χ3n) is 5.18. The van der Waals surface area contributed by atoms with Gasteiger partial charge in [0.15, 0.2) is 0 Å². The van der Waals surface area contributed by atoms with Crippen LogP contribution >= 0.6 is 11.6 Å². The number of benzene rings is 1. The van der Waals surface area contributed by atoms with Gasteiger partial charge in [-0.15, -0.1) is 0 Å². The highest BCUT2D eigenvalue weighted by atomic mass is 35.5. The smallest absolute Gasteiger partial charge is 0.278 e. The molecular formula is C19H15ClN6O3. The molecule has 1 aliphatic rings. The summed E-state index contributed by atoms with van der Waals surface area (Å²) in [7, 11) is 0. The summed E-state index contributed by atoms with van der Waals surface area (Å²) in [5, 5.41) is 24.0. The molecule has 5 rings (SSSR count). The van der Waals surface area contributed by atoms with Crippen LogP contribution in [0.2, 0.25) is 5.02 Å². The molecule has 146 valence electrons. The van der Waals surface area contributed by atoms with Gasteiger partial charge >= 0.3 is 0 Å². The lowest BCUT2D eigenvalue weighted by molar-refractivity contribution is 0.108. The van der Waals surface area contributed by atoms with Crippen molar-refractivity contribution >= 4 is 28.2 Å². The molecule has 0 unspecified atom stereocenters. The molecule has 1 fully saturated rings. The quantitative estimate of drug-likeness (QED) is 0.550. The Labute approximate surface area is 168 Å². The number of rotatable bonds is 3. The van der Waals surface area contributed by atoms with Crippen LogP contribution in [0.3, 0.4) is 0 Å². The molecule has 1 saturated carbocycles. The number of nitriles is 1. The van der Waals surface area contributed by atoms with Gasteiger partial charge in [0.2, 0.25) is 5.82 Å². The summed E-state index contributed by atoms with van der Waals surface area (Å²) < 4.78 is 8.32. The van der Waals surface area contributed by atoms with Crippen LogP contribution in [0, 0.1) is 11.3 Å². The second kappa shape index (κ2) is 5.89. The van der Waals surface area contributed by atoms with E-state index in [2.05, 4.69) is 21.2 Å². The lowest BCUT2D eigenvalue weighted by Crippen LogP contribution is -2.25. The van der Waals surface area contributed by atoms with E-state index in [9.17, 15) is 15.2 Å². The van der Waals surface area contributed by atoms with Crippen molar-refractivity contribution in [1.82, 2.24) is 24.1 Å². The fourth-order valence-electron chi connectivity index (χ4n) is 3.55. The molecule has 0 bridgehead atoms. The first-order chi connectivity index (χ1) is 13.9. The van der Waals surface area contributed by atoms with Crippen LogP contribution in [0.1, 0.15) is 44.2 Å². The first-order valence-corrected chi connectivity index (χ1v) is 9.44. The zero-order valence-corrected chi connectivity index (χ0v) is 16.3. The number of halogens is 1. The average Bonchev–Trinajstić information content (AvgIpc) is 3.11. The maximum Gasteiger partial charge on any atom is 0.278 e. The second-order valence-electron chi connectivity index (χ2n) is 7.44. The lowest BCUT2D eigenvalue weighted by atomic mass is 10.1. The summed E-state index contributed by atoms with van der Waals surface area (Å²) in [6, 6.07) is 5.22. The molecule has 0 spiro atoms. The molecule has 29 heavy (non-hydrogen) atoms. The van der Waals surface area contributed by atoms with Crippen molar-refractivity contribution in [1.29, 1.82) is 5.26 Å². The summed E-state index contributed by atoms with van der Waals surface area (Å²) >= 11 is 6.22. The van der Waals surface area contributed by atoms with Crippen molar-refractivity contribution < 1.29 is 9.63 Å². The topological polar surface area (TPSA) is 122 Å². The molecule has 3 heterocycles. The molecule has 0 aliphatic heterocycles. The van der Waals surface area contributed by atoms with Crippen LogP contribution in [0.4, 0.5) is 0 Å². The van der Waals surface area contributed by atoms with Gasteiger partial charge in [0.1, 0.15) is 29.2 Å². The number of fused-ring (bicyclic) bond motifs is 3. The van der Waals surface area contributed by atoms with E-state index in [0.29, 0.717) is 23.9 Å².